The minimum atomic E-state index is -0.221. The van der Waals surface area contributed by atoms with Gasteiger partial charge in [0.2, 0.25) is 0 Å². The van der Waals surface area contributed by atoms with Crippen LogP contribution in [0.5, 0.6) is 0 Å². The molecule has 0 heterocycles. The van der Waals surface area contributed by atoms with Crippen LogP contribution >= 0.6 is 15.9 Å². The molecule has 19 heavy (non-hydrogen) atoms. The Balaban J connectivity index is 2.50. The highest BCUT2D eigenvalue weighted by molar-refractivity contribution is 9.10. The fourth-order valence-corrected chi connectivity index (χ4v) is 2.48. The fraction of sp³-hybridized carbons (Fsp3) is 0.188. The van der Waals surface area contributed by atoms with E-state index in [4.69, 9.17) is 0 Å². The molecule has 0 saturated heterocycles. The van der Waals surface area contributed by atoms with Gasteiger partial charge in [0, 0.05) is 10.2 Å². The van der Waals surface area contributed by atoms with Gasteiger partial charge in [0.1, 0.15) is 6.29 Å². The van der Waals surface area contributed by atoms with Crippen molar-refractivity contribution in [2.45, 2.75) is 19.9 Å². The van der Waals surface area contributed by atoms with Crippen LogP contribution in [0.4, 0.5) is 11.4 Å². The molecule has 1 unspecified atom stereocenters. The van der Waals surface area contributed by atoms with Crippen LogP contribution in [-0.4, -0.2) is 12.3 Å². The lowest BCUT2D eigenvalue weighted by Crippen LogP contribution is -2.29. The quantitative estimate of drug-likeness (QED) is 0.775. The van der Waals surface area contributed by atoms with Gasteiger partial charge in [-0.15, -0.1) is 0 Å². The Kier molecular flexibility index (Phi) is 4.38. The first-order valence-electron chi connectivity index (χ1n) is 6.19. The molecule has 0 aliphatic carbocycles. The Morgan fingerprint density at radius 1 is 1.11 bits per heavy atom. The molecule has 0 bridgehead atoms. The summed E-state index contributed by atoms with van der Waals surface area (Å²) in [5, 5.41) is 0. The van der Waals surface area contributed by atoms with Crippen molar-refractivity contribution in [2.24, 2.45) is 0 Å². The molecule has 2 rings (SSSR count). The summed E-state index contributed by atoms with van der Waals surface area (Å²) in [6.07, 6.45) is 0.958. The van der Waals surface area contributed by atoms with E-state index in [0.717, 1.165) is 22.1 Å². The number of hydrogen-bond acceptors (Lipinski definition) is 2. The minimum Gasteiger partial charge on any atom is -0.331 e. The highest BCUT2D eigenvalue weighted by Crippen LogP contribution is 2.33. The Hall–Kier alpha value is -1.61. The van der Waals surface area contributed by atoms with Crippen molar-refractivity contribution in [1.29, 1.82) is 0 Å². The van der Waals surface area contributed by atoms with E-state index >= 15 is 0 Å². The summed E-state index contributed by atoms with van der Waals surface area (Å²) in [6, 6.07) is 15.9. The van der Waals surface area contributed by atoms with Crippen LogP contribution in [0.3, 0.4) is 0 Å². The number of nitrogens with zero attached hydrogens (tertiary/aromatic N) is 1. The third-order valence-corrected chi connectivity index (χ3v) is 3.70. The van der Waals surface area contributed by atoms with E-state index < -0.39 is 0 Å². The predicted molar refractivity (Wildman–Crippen MR) is 83.0 cm³/mol. The zero-order chi connectivity index (χ0) is 13.8. The lowest BCUT2D eigenvalue weighted by molar-refractivity contribution is -0.108. The maximum absolute atomic E-state index is 11.2. The zero-order valence-electron chi connectivity index (χ0n) is 11.0. The van der Waals surface area contributed by atoms with Gasteiger partial charge < -0.3 is 9.69 Å². The average Bonchev–Trinajstić information content (AvgIpc) is 2.43. The molecule has 2 aromatic rings. The van der Waals surface area contributed by atoms with Crippen LogP contribution in [0.15, 0.2) is 53.0 Å². The van der Waals surface area contributed by atoms with Crippen LogP contribution in [0.1, 0.15) is 12.5 Å². The Morgan fingerprint density at radius 3 is 2.32 bits per heavy atom. The number of benzene rings is 2. The number of carbonyl (C=O) groups is 1. The first-order chi connectivity index (χ1) is 9.13. The molecule has 2 nitrogen and oxygen atoms in total. The van der Waals surface area contributed by atoms with Gasteiger partial charge >= 0.3 is 0 Å². The summed E-state index contributed by atoms with van der Waals surface area (Å²) in [4.78, 5) is 13.2. The van der Waals surface area contributed by atoms with Gasteiger partial charge in [0.25, 0.3) is 0 Å². The molecular weight excluding hydrogens is 302 g/mol. The van der Waals surface area contributed by atoms with Crippen molar-refractivity contribution >= 4 is 33.6 Å². The minimum absolute atomic E-state index is 0.221. The van der Waals surface area contributed by atoms with Gasteiger partial charge in [0.15, 0.2) is 0 Å². The van der Waals surface area contributed by atoms with Crippen LogP contribution in [0.2, 0.25) is 0 Å². The third-order valence-electron chi connectivity index (χ3n) is 3.03. The number of carbonyl (C=O) groups excluding carboxylic acids is 1. The van der Waals surface area contributed by atoms with E-state index in [2.05, 4.69) is 35.0 Å². The Morgan fingerprint density at radius 2 is 1.74 bits per heavy atom. The molecule has 2 aromatic carbocycles. The zero-order valence-corrected chi connectivity index (χ0v) is 12.6. The molecule has 0 fully saturated rings. The van der Waals surface area contributed by atoms with Crippen LogP contribution in [-0.2, 0) is 4.79 Å². The van der Waals surface area contributed by atoms with E-state index in [1.165, 1.54) is 5.56 Å². The number of rotatable bonds is 4. The average molecular weight is 318 g/mol. The van der Waals surface area contributed by atoms with Crippen molar-refractivity contribution in [3.63, 3.8) is 0 Å². The van der Waals surface area contributed by atoms with Crippen molar-refractivity contribution in [1.82, 2.24) is 0 Å². The topological polar surface area (TPSA) is 20.3 Å². The molecular formula is C16H16BrNO. The lowest BCUT2D eigenvalue weighted by Gasteiger charge is -2.29. The summed E-state index contributed by atoms with van der Waals surface area (Å²) in [6.45, 7) is 3.95. The molecule has 98 valence electrons. The van der Waals surface area contributed by atoms with Crippen molar-refractivity contribution < 1.29 is 4.79 Å². The van der Waals surface area contributed by atoms with E-state index in [0.29, 0.717) is 0 Å². The molecule has 0 aromatic heterocycles. The summed E-state index contributed by atoms with van der Waals surface area (Å²) < 4.78 is 0.976. The maximum atomic E-state index is 11.2. The molecule has 0 aliphatic heterocycles. The highest BCUT2D eigenvalue weighted by Gasteiger charge is 2.17. The summed E-state index contributed by atoms with van der Waals surface area (Å²) in [7, 11) is 0. The molecule has 0 N–H and O–H groups in total. The normalized spacial score (nSPS) is 11.9. The molecule has 1 atom stereocenters. The van der Waals surface area contributed by atoms with Crippen molar-refractivity contribution in [3.8, 4) is 0 Å². The molecule has 0 saturated carbocycles. The highest BCUT2D eigenvalue weighted by atomic mass is 79.9. The number of aldehydes is 1. The third kappa shape index (κ3) is 3.04. The number of aryl methyl sites for hydroxylation is 1. The van der Waals surface area contributed by atoms with Gasteiger partial charge in [0.05, 0.1) is 11.7 Å². The molecule has 0 radical (unpaired) electrons. The van der Waals surface area contributed by atoms with E-state index in [1.54, 1.807) is 0 Å². The lowest BCUT2D eigenvalue weighted by atomic mass is 10.1. The summed E-state index contributed by atoms with van der Waals surface area (Å²) >= 11 is 3.55. The van der Waals surface area contributed by atoms with Gasteiger partial charge in [-0.2, -0.15) is 0 Å². The number of halogens is 1. The molecule has 3 heteroatoms. The van der Waals surface area contributed by atoms with E-state index in [-0.39, 0.29) is 6.04 Å². The number of hydrogen-bond donors (Lipinski definition) is 0. The molecule has 0 amide bonds. The predicted octanol–water partition coefficient (Wildman–Crippen LogP) is 4.48. The standard InChI is InChI=1S/C16H16BrNO/c1-12-7-9-14(10-8-12)18(13(2)11-19)16-6-4-3-5-15(16)17/h3-11,13H,1-2H3. The molecule has 0 aliphatic rings. The summed E-state index contributed by atoms with van der Waals surface area (Å²) in [5.41, 5.74) is 3.21. The first kappa shape index (κ1) is 13.8. The van der Waals surface area contributed by atoms with Crippen molar-refractivity contribution in [3.05, 3.63) is 58.6 Å². The van der Waals surface area contributed by atoms with E-state index in [9.17, 15) is 4.79 Å². The molecule has 0 spiro atoms. The largest absolute Gasteiger partial charge is 0.331 e. The number of para-hydroxylation sites is 1. The van der Waals surface area contributed by atoms with Crippen LogP contribution in [0, 0.1) is 6.92 Å². The second kappa shape index (κ2) is 6.02. The van der Waals surface area contributed by atoms with Gasteiger partial charge in [-0.1, -0.05) is 29.8 Å². The van der Waals surface area contributed by atoms with E-state index in [1.807, 2.05) is 48.2 Å². The fourth-order valence-electron chi connectivity index (χ4n) is 2.01. The maximum Gasteiger partial charge on any atom is 0.142 e. The van der Waals surface area contributed by atoms with Crippen molar-refractivity contribution in [2.75, 3.05) is 4.90 Å². The van der Waals surface area contributed by atoms with Crippen LogP contribution in [0.25, 0.3) is 0 Å². The Bertz CT molecular complexity index is 565. The second-order valence-electron chi connectivity index (χ2n) is 4.53. The Labute approximate surface area is 122 Å². The van der Waals surface area contributed by atoms with Crippen LogP contribution < -0.4 is 4.90 Å². The monoisotopic (exact) mass is 317 g/mol. The summed E-state index contributed by atoms with van der Waals surface area (Å²) in [5.74, 6) is 0. The van der Waals surface area contributed by atoms with Gasteiger partial charge in [-0.05, 0) is 54.0 Å². The van der Waals surface area contributed by atoms with Gasteiger partial charge in [-0.3, -0.25) is 0 Å². The second-order valence-corrected chi connectivity index (χ2v) is 5.39. The van der Waals surface area contributed by atoms with Gasteiger partial charge in [-0.25, -0.2) is 0 Å². The SMILES string of the molecule is Cc1ccc(N(c2ccccc2Br)C(C)C=O)cc1. The first-order valence-corrected chi connectivity index (χ1v) is 6.98. The smallest absolute Gasteiger partial charge is 0.142 e. The number of anilines is 2.